The van der Waals surface area contributed by atoms with Crippen LogP contribution in [-0.4, -0.2) is 58.9 Å². The summed E-state index contributed by atoms with van der Waals surface area (Å²) in [5, 5.41) is 8.54. The van der Waals surface area contributed by atoms with Gasteiger partial charge in [-0.3, -0.25) is 14.4 Å². The summed E-state index contributed by atoms with van der Waals surface area (Å²) in [6, 6.07) is 0. The van der Waals surface area contributed by atoms with Gasteiger partial charge in [-0.05, 0) is 12.3 Å². The van der Waals surface area contributed by atoms with Crippen LogP contribution in [0.15, 0.2) is 0 Å². The van der Waals surface area contributed by atoms with Crippen LogP contribution in [0.5, 0.6) is 0 Å². The summed E-state index contributed by atoms with van der Waals surface area (Å²) in [6.45, 7) is 6.29. The van der Waals surface area contributed by atoms with E-state index in [2.05, 4.69) is 0 Å². The molecule has 0 aliphatic carbocycles. The third kappa shape index (κ3) is 5.59. The van der Waals surface area contributed by atoms with E-state index in [-0.39, 0.29) is 24.7 Å². The van der Waals surface area contributed by atoms with Crippen molar-refractivity contribution in [2.75, 3.05) is 26.2 Å². The lowest BCUT2D eigenvalue weighted by atomic mass is 10.1. The normalized spacial score (nSPS) is 15.6. The van der Waals surface area contributed by atoms with E-state index in [1.807, 2.05) is 13.8 Å². The molecule has 0 unspecified atom stereocenters. The van der Waals surface area contributed by atoms with Crippen molar-refractivity contribution in [1.29, 1.82) is 0 Å². The molecule has 1 N–H and O–H groups in total. The number of piperazine rings is 1. The first-order valence-electron chi connectivity index (χ1n) is 7.17. The Kier molecular flexibility index (Phi) is 6.48. The zero-order valence-electron chi connectivity index (χ0n) is 12.3. The van der Waals surface area contributed by atoms with E-state index in [1.54, 1.807) is 9.80 Å². The molecule has 1 rings (SSSR count). The Bertz CT molecular complexity index is 360. The summed E-state index contributed by atoms with van der Waals surface area (Å²) in [5.74, 6) is -0.389. The van der Waals surface area contributed by atoms with E-state index in [4.69, 9.17) is 5.11 Å². The largest absolute Gasteiger partial charge is 0.481 e. The molecule has 1 aliphatic rings. The molecule has 0 bridgehead atoms. The first-order valence-corrected chi connectivity index (χ1v) is 7.17. The Balaban J connectivity index is 2.29. The fourth-order valence-corrected chi connectivity index (χ4v) is 2.23. The second-order valence-corrected chi connectivity index (χ2v) is 5.61. The molecular weight excluding hydrogens is 260 g/mol. The molecule has 0 aromatic rings. The molecule has 1 saturated heterocycles. The minimum atomic E-state index is -0.873. The number of amides is 2. The molecule has 0 saturated carbocycles. The average Bonchev–Trinajstić information content (AvgIpc) is 2.37. The maximum atomic E-state index is 11.9. The van der Waals surface area contributed by atoms with Crippen molar-refractivity contribution in [3.8, 4) is 0 Å². The van der Waals surface area contributed by atoms with Crippen molar-refractivity contribution in [2.24, 2.45) is 5.92 Å². The fourth-order valence-electron chi connectivity index (χ4n) is 2.23. The molecule has 1 heterocycles. The maximum Gasteiger partial charge on any atom is 0.303 e. The number of nitrogens with zero attached hydrogens (tertiary/aromatic N) is 2. The third-order valence-corrected chi connectivity index (χ3v) is 3.35. The summed E-state index contributed by atoms with van der Waals surface area (Å²) in [4.78, 5) is 37.7. The van der Waals surface area contributed by atoms with Crippen LogP contribution in [0.2, 0.25) is 0 Å². The van der Waals surface area contributed by atoms with Crippen LogP contribution < -0.4 is 0 Å². The van der Waals surface area contributed by atoms with Gasteiger partial charge in [-0.2, -0.15) is 0 Å². The summed E-state index contributed by atoms with van der Waals surface area (Å²) < 4.78 is 0. The van der Waals surface area contributed by atoms with Gasteiger partial charge in [-0.25, -0.2) is 0 Å². The van der Waals surface area contributed by atoms with E-state index in [1.165, 1.54) is 0 Å². The Labute approximate surface area is 119 Å². The van der Waals surface area contributed by atoms with Crippen molar-refractivity contribution in [2.45, 2.75) is 39.5 Å². The van der Waals surface area contributed by atoms with Gasteiger partial charge in [0.25, 0.3) is 0 Å². The van der Waals surface area contributed by atoms with Crippen molar-refractivity contribution in [3.63, 3.8) is 0 Å². The van der Waals surface area contributed by atoms with E-state index in [9.17, 15) is 14.4 Å². The first-order chi connectivity index (χ1) is 9.40. The molecule has 0 atom stereocenters. The summed E-state index contributed by atoms with van der Waals surface area (Å²) in [7, 11) is 0. The van der Waals surface area contributed by atoms with Gasteiger partial charge in [-0.1, -0.05) is 13.8 Å². The van der Waals surface area contributed by atoms with E-state index >= 15 is 0 Å². The standard InChI is InChI=1S/C14H24N2O4/c1-11(2)10-13(18)16-8-6-15(7-9-16)12(17)4-3-5-14(19)20/h11H,3-10H2,1-2H3,(H,19,20). The topological polar surface area (TPSA) is 77.9 Å². The lowest BCUT2D eigenvalue weighted by Gasteiger charge is -2.35. The van der Waals surface area contributed by atoms with Crippen molar-refractivity contribution in [3.05, 3.63) is 0 Å². The van der Waals surface area contributed by atoms with Gasteiger partial charge in [0.2, 0.25) is 11.8 Å². The van der Waals surface area contributed by atoms with E-state index in [0.717, 1.165) is 0 Å². The lowest BCUT2D eigenvalue weighted by Crippen LogP contribution is -2.50. The fraction of sp³-hybridized carbons (Fsp3) is 0.786. The summed E-state index contributed by atoms with van der Waals surface area (Å²) in [6.07, 6.45) is 1.22. The molecule has 114 valence electrons. The Morgan fingerprint density at radius 1 is 0.950 bits per heavy atom. The molecule has 0 aromatic heterocycles. The maximum absolute atomic E-state index is 11.9. The molecule has 0 spiro atoms. The predicted molar refractivity (Wildman–Crippen MR) is 74.1 cm³/mol. The molecule has 2 amide bonds. The monoisotopic (exact) mass is 284 g/mol. The number of aliphatic carboxylic acids is 1. The van der Waals surface area contributed by atoms with Crippen LogP contribution in [0.4, 0.5) is 0 Å². The number of hydrogen-bond donors (Lipinski definition) is 1. The minimum Gasteiger partial charge on any atom is -0.481 e. The van der Waals surface area contributed by atoms with Gasteiger partial charge >= 0.3 is 5.97 Å². The van der Waals surface area contributed by atoms with Crippen LogP contribution in [0, 0.1) is 5.92 Å². The van der Waals surface area contributed by atoms with Gasteiger partial charge in [-0.15, -0.1) is 0 Å². The van der Waals surface area contributed by atoms with E-state index in [0.29, 0.717) is 44.9 Å². The average molecular weight is 284 g/mol. The number of hydrogen-bond acceptors (Lipinski definition) is 3. The second-order valence-electron chi connectivity index (χ2n) is 5.61. The Hall–Kier alpha value is -1.59. The highest BCUT2D eigenvalue weighted by Gasteiger charge is 2.24. The molecule has 0 aromatic carbocycles. The van der Waals surface area contributed by atoms with Crippen LogP contribution >= 0.6 is 0 Å². The van der Waals surface area contributed by atoms with Gasteiger partial charge in [0, 0.05) is 45.4 Å². The Morgan fingerprint density at radius 2 is 1.45 bits per heavy atom. The van der Waals surface area contributed by atoms with Crippen LogP contribution in [0.1, 0.15) is 39.5 Å². The zero-order valence-corrected chi connectivity index (χ0v) is 12.3. The number of rotatable bonds is 6. The number of carboxylic acid groups (broad SMARTS) is 1. The van der Waals surface area contributed by atoms with Crippen molar-refractivity contribution in [1.82, 2.24) is 9.80 Å². The highest BCUT2D eigenvalue weighted by molar-refractivity contribution is 5.79. The summed E-state index contributed by atoms with van der Waals surface area (Å²) in [5.41, 5.74) is 0. The van der Waals surface area contributed by atoms with Crippen molar-refractivity contribution < 1.29 is 19.5 Å². The molecule has 0 radical (unpaired) electrons. The SMILES string of the molecule is CC(C)CC(=O)N1CCN(C(=O)CCCC(=O)O)CC1. The smallest absolute Gasteiger partial charge is 0.303 e. The lowest BCUT2D eigenvalue weighted by molar-refractivity contribution is -0.140. The quantitative estimate of drug-likeness (QED) is 0.788. The molecule has 6 nitrogen and oxygen atoms in total. The number of carbonyl (C=O) groups excluding carboxylic acids is 2. The highest BCUT2D eigenvalue weighted by atomic mass is 16.4. The zero-order chi connectivity index (χ0) is 15.1. The van der Waals surface area contributed by atoms with Gasteiger partial charge in [0.15, 0.2) is 0 Å². The Morgan fingerprint density at radius 3 is 1.90 bits per heavy atom. The highest BCUT2D eigenvalue weighted by Crippen LogP contribution is 2.10. The van der Waals surface area contributed by atoms with Crippen LogP contribution in [0.3, 0.4) is 0 Å². The third-order valence-electron chi connectivity index (χ3n) is 3.35. The molecule has 1 fully saturated rings. The van der Waals surface area contributed by atoms with Crippen molar-refractivity contribution >= 4 is 17.8 Å². The second kappa shape index (κ2) is 7.87. The van der Waals surface area contributed by atoms with Gasteiger partial charge < -0.3 is 14.9 Å². The van der Waals surface area contributed by atoms with Crippen LogP contribution in [0.25, 0.3) is 0 Å². The molecule has 1 aliphatic heterocycles. The molecule has 20 heavy (non-hydrogen) atoms. The van der Waals surface area contributed by atoms with E-state index < -0.39 is 5.97 Å². The number of carboxylic acids is 1. The van der Waals surface area contributed by atoms with Gasteiger partial charge in [0.1, 0.15) is 0 Å². The summed E-state index contributed by atoms with van der Waals surface area (Å²) >= 11 is 0. The van der Waals surface area contributed by atoms with Crippen LogP contribution in [-0.2, 0) is 14.4 Å². The molecular formula is C14H24N2O4. The first kappa shape index (κ1) is 16.5. The minimum absolute atomic E-state index is 0.0118. The molecule has 6 heteroatoms. The van der Waals surface area contributed by atoms with Gasteiger partial charge in [0.05, 0.1) is 0 Å². The predicted octanol–water partition coefficient (Wildman–Crippen LogP) is 0.958. The number of carbonyl (C=O) groups is 3.